The number of fused-ring (bicyclic) bond motifs is 2. The van der Waals surface area contributed by atoms with E-state index in [1.54, 1.807) is 61.1 Å². The van der Waals surface area contributed by atoms with E-state index in [0.717, 1.165) is 16.8 Å². The van der Waals surface area contributed by atoms with E-state index in [-0.39, 0.29) is 4.90 Å². The van der Waals surface area contributed by atoms with Crippen LogP contribution in [0, 0.1) is 0 Å². The van der Waals surface area contributed by atoms with Crippen molar-refractivity contribution >= 4 is 38.5 Å². The van der Waals surface area contributed by atoms with Crippen LogP contribution in [-0.2, 0) is 15.6 Å². The fourth-order valence-electron chi connectivity index (χ4n) is 4.93. The van der Waals surface area contributed by atoms with Crippen molar-refractivity contribution in [3.63, 3.8) is 0 Å². The van der Waals surface area contributed by atoms with E-state index in [0.29, 0.717) is 32.9 Å². The van der Waals surface area contributed by atoms with Gasteiger partial charge in [-0.3, -0.25) is 4.98 Å². The topological polar surface area (TPSA) is 98.0 Å². The van der Waals surface area contributed by atoms with Gasteiger partial charge in [0.25, 0.3) is 10.0 Å². The fourth-order valence-corrected chi connectivity index (χ4v) is 7.13. The van der Waals surface area contributed by atoms with E-state index in [1.807, 2.05) is 53.9 Å². The molecular weight excluding hydrogens is 528 g/mol. The van der Waals surface area contributed by atoms with Gasteiger partial charge < -0.3 is 5.11 Å². The third-order valence-corrected chi connectivity index (χ3v) is 9.41. The molecule has 7 nitrogen and oxygen atoms in total. The minimum atomic E-state index is -3.85. The van der Waals surface area contributed by atoms with Crippen LogP contribution in [0.15, 0.2) is 114 Å². The van der Waals surface area contributed by atoms with E-state index in [9.17, 15) is 13.5 Å². The summed E-state index contributed by atoms with van der Waals surface area (Å²) in [5, 5.41) is 14.8. The molecular formula is C30H20N4O3S2. The Kier molecular flexibility index (Phi) is 5.34. The molecule has 0 spiro atoms. The summed E-state index contributed by atoms with van der Waals surface area (Å²) in [5.74, 6) is 0. The van der Waals surface area contributed by atoms with E-state index in [4.69, 9.17) is 4.98 Å². The first-order valence-electron chi connectivity index (χ1n) is 12.2. The van der Waals surface area contributed by atoms with Gasteiger partial charge >= 0.3 is 0 Å². The number of thiazole rings is 1. The molecule has 1 aliphatic rings. The van der Waals surface area contributed by atoms with Crippen molar-refractivity contribution in [3.05, 3.63) is 126 Å². The molecule has 0 saturated carbocycles. The molecule has 2 aromatic carbocycles. The van der Waals surface area contributed by atoms with Gasteiger partial charge in [-0.2, -0.15) is 0 Å². The average molecular weight is 549 g/mol. The first-order valence-corrected chi connectivity index (χ1v) is 14.5. The molecule has 6 aromatic rings. The van der Waals surface area contributed by atoms with Crippen LogP contribution in [0.2, 0.25) is 0 Å². The van der Waals surface area contributed by atoms with Crippen molar-refractivity contribution in [3.8, 4) is 21.8 Å². The van der Waals surface area contributed by atoms with Crippen LogP contribution in [0.1, 0.15) is 16.8 Å². The summed E-state index contributed by atoms with van der Waals surface area (Å²) >= 11 is 1.42. The van der Waals surface area contributed by atoms with Crippen molar-refractivity contribution in [1.29, 1.82) is 0 Å². The van der Waals surface area contributed by atoms with Crippen molar-refractivity contribution in [2.75, 3.05) is 0 Å². The van der Waals surface area contributed by atoms with Crippen LogP contribution in [0.4, 0.5) is 0 Å². The van der Waals surface area contributed by atoms with Crippen LogP contribution in [0.25, 0.3) is 38.9 Å². The molecule has 39 heavy (non-hydrogen) atoms. The normalized spacial score (nSPS) is 16.5. The lowest BCUT2D eigenvalue weighted by atomic mass is 9.90. The molecule has 1 unspecified atom stereocenters. The predicted molar refractivity (Wildman–Crippen MR) is 152 cm³/mol. The molecule has 1 N–H and O–H groups in total. The molecule has 4 heterocycles. The quantitative estimate of drug-likeness (QED) is 0.296. The smallest absolute Gasteiger partial charge is 0.269 e. The summed E-state index contributed by atoms with van der Waals surface area (Å²) in [6.07, 6.45) is 8.48. The van der Waals surface area contributed by atoms with Crippen molar-refractivity contribution < 1.29 is 13.5 Å². The second kappa shape index (κ2) is 8.81. The number of aromatic nitrogens is 4. The second-order valence-corrected chi connectivity index (χ2v) is 11.9. The maximum absolute atomic E-state index is 13.5. The highest BCUT2D eigenvalue weighted by atomic mass is 32.2. The Morgan fingerprint density at radius 1 is 0.897 bits per heavy atom. The van der Waals surface area contributed by atoms with Crippen LogP contribution >= 0.6 is 11.3 Å². The highest BCUT2D eigenvalue weighted by Gasteiger charge is 2.36. The van der Waals surface area contributed by atoms with Gasteiger partial charge in [-0.1, -0.05) is 48.5 Å². The van der Waals surface area contributed by atoms with Crippen LogP contribution in [-0.4, -0.2) is 32.4 Å². The number of benzene rings is 2. The van der Waals surface area contributed by atoms with Gasteiger partial charge in [0.1, 0.15) is 5.01 Å². The van der Waals surface area contributed by atoms with Crippen LogP contribution < -0.4 is 0 Å². The first kappa shape index (κ1) is 23.7. The second-order valence-electron chi connectivity index (χ2n) is 9.19. The molecule has 0 fully saturated rings. The van der Waals surface area contributed by atoms with E-state index in [1.165, 1.54) is 15.3 Å². The van der Waals surface area contributed by atoms with Gasteiger partial charge in [-0.25, -0.2) is 22.4 Å². The van der Waals surface area contributed by atoms with E-state index in [2.05, 4.69) is 9.97 Å². The molecule has 0 amide bonds. The Bertz CT molecular complexity index is 2010. The lowest BCUT2D eigenvalue weighted by Gasteiger charge is -2.22. The zero-order chi connectivity index (χ0) is 26.6. The summed E-state index contributed by atoms with van der Waals surface area (Å²) in [6.45, 7) is 0. The Labute approximate surface area is 228 Å². The highest BCUT2D eigenvalue weighted by Crippen LogP contribution is 2.40. The largest absolute Gasteiger partial charge is 0.375 e. The van der Waals surface area contributed by atoms with Crippen molar-refractivity contribution in [1.82, 2.24) is 18.9 Å². The molecule has 7 rings (SSSR count). The maximum Gasteiger partial charge on any atom is 0.269 e. The van der Waals surface area contributed by atoms with Gasteiger partial charge in [-0.15, -0.1) is 11.3 Å². The van der Waals surface area contributed by atoms with E-state index < -0.39 is 15.6 Å². The Balaban J connectivity index is 1.30. The van der Waals surface area contributed by atoms with Crippen molar-refractivity contribution in [2.45, 2.75) is 10.5 Å². The summed E-state index contributed by atoms with van der Waals surface area (Å²) < 4.78 is 28.2. The van der Waals surface area contributed by atoms with Crippen LogP contribution in [0.3, 0.4) is 0 Å². The lowest BCUT2D eigenvalue weighted by molar-refractivity contribution is 0.133. The average Bonchev–Trinajstić information content (AvgIpc) is 3.70. The molecule has 0 saturated heterocycles. The molecule has 0 aliphatic heterocycles. The number of nitrogens with zero attached hydrogens (tertiary/aromatic N) is 4. The summed E-state index contributed by atoms with van der Waals surface area (Å²) in [5.41, 5.74) is 3.43. The molecule has 0 radical (unpaired) electrons. The van der Waals surface area contributed by atoms with Gasteiger partial charge in [0.15, 0.2) is 11.2 Å². The number of rotatable bonds is 5. The molecule has 0 bridgehead atoms. The predicted octanol–water partition coefficient (Wildman–Crippen LogP) is 5.72. The third kappa shape index (κ3) is 3.74. The summed E-state index contributed by atoms with van der Waals surface area (Å²) in [4.78, 5) is 13.9. The van der Waals surface area contributed by atoms with Crippen molar-refractivity contribution in [2.24, 2.45) is 0 Å². The van der Waals surface area contributed by atoms with Gasteiger partial charge in [-0.05, 0) is 53.6 Å². The molecule has 1 atom stereocenters. The minimum Gasteiger partial charge on any atom is -0.375 e. The maximum atomic E-state index is 13.5. The molecule has 190 valence electrons. The third-order valence-electron chi connectivity index (χ3n) is 6.87. The first-order chi connectivity index (χ1) is 18.9. The number of aliphatic hydroxyl groups is 1. The standard InChI is InChI=1S/C30H20N4O3S2/c35-30(14-13-20-8-5-15-31-27(20)30)22-9-4-7-21(17-22)26-19-38-29(33-26)25-18-34(28-24(25)12-6-16-32-28)39(36,37)23-10-2-1-3-11-23/h1-19,35H. The Morgan fingerprint density at radius 3 is 2.59 bits per heavy atom. The highest BCUT2D eigenvalue weighted by molar-refractivity contribution is 7.90. The fraction of sp³-hybridized carbons (Fsp3) is 0.0333. The molecule has 9 heteroatoms. The number of hydrogen-bond donors (Lipinski definition) is 1. The monoisotopic (exact) mass is 548 g/mol. The summed E-state index contributed by atoms with van der Waals surface area (Å²) in [7, 11) is -3.85. The van der Waals surface area contributed by atoms with E-state index >= 15 is 0 Å². The zero-order valence-corrected chi connectivity index (χ0v) is 22.0. The lowest BCUT2D eigenvalue weighted by Crippen LogP contribution is -2.24. The minimum absolute atomic E-state index is 0.186. The molecule has 4 aromatic heterocycles. The summed E-state index contributed by atoms with van der Waals surface area (Å²) in [6, 6.07) is 23.3. The van der Waals surface area contributed by atoms with Gasteiger partial charge in [0.05, 0.1) is 16.3 Å². The molecule has 1 aliphatic carbocycles. The van der Waals surface area contributed by atoms with Gasteiger partial charge in [0, 0.05) is 40.5 Å². The number of hydrogen-bond acceptors (Lipinski definition) is 7. The Morgan fingerprint density at radius 2 is 1.72 bits per heavy atom. The SMILES string of the molecule is O=S(=O)(c1ccccc1)n1cc(-c2nc(-c3cccc(C4(O)C=Cc5cccnc54)c3)cs2)c2cccnc21. The zero-order valence-electron chi connectivity index (χ0n) is 20.3. The number of pyridine rings is 2. The Hall–Kier alpha value is -4.44. The van der Waals surface area contributed by atoms with Gasteiger partial charge in [0.2, 0.25) is 0 Å². The van der Waals surface area contributed by atoms with Crippen LogP contribution in [0.5, 0.6) is 0 Å².